The number of carbonyl (C=O) groups is 1. The van der Waals surface area contributed by atoms with Gasteiger partial charge in [-0.1, -0.05) is 42.5 Å². The zero-order valence-corrected chi connectivity index (χ0v) is 10.0. The maximum atomic E-state index is 10.8. The first-order valence-electron chi connectivity index (χ1n) is 5.71. The van der Waals surface area contributed by atoms with Crippen molar-refractivity contribution in [3.8, 4) is 0 Å². The fraction of sp³-hybridized carbons (Fsp3) is 0.0714. The van der Waals surface area contributed by atoms with Crippen molar-refractivity contribution in [3.63, 3.8) is 0 Å². The Morgan fingerprint density at radius 3 is 2.37 bits per heavy atom. The van der Waals surface area contributed by atoms with Gasteiger partial charge in [0.15, 0.2) is 0 Å². The lowest BCUT2D eigenvalue weighted by Crippen LogP contribution is -2.20. The maximum Gasteiger partial charge on any atom is 0.269 e. The molecule has 5 heteroatoms. The first kappa shape index (κ1) is 12.8. The van der Waals surface area contributed by atoms with Crippen molar-refractivity contribution in [3.05, 3.63) is 75.8 Å². The highest BCUT2D eigenvalue weighted by atomic mass is 16.6. The van der Waals surface area contributed by atoms with Crippen LogP contribution in [0.2, 0.25) is 0 Å². The van der Waals surface area contributed by atoms with Crippen molar-refractivity contribution in [2.45, 2.75) is 6.04 Å². The van der Waals surface area contributed by atoms with Gasteiger partial charge in [0.25, 0.3) is 5.69 Å². The Labute approximate surface area is 110 Å². The van der Waals surface area contributed by atoms with Gasteiger partial charge in [0.05, 0.1) is 11.0 Å². The van der Waals surface area contributed by atoms with E-state index in [0.29, 0.717) is 12.0 Å². The second kappa shape index (κ2) is 5.77. The monoisotopic (exact) mass is 256 g/mol. The summed E-state index contributed by atoms with van der Waals surface area (Å²) in [5.74, 6) is 0. The van der Waals surface area contributed by atoms with Gasteiger partial charge in [0, 0.05) is 12.1 Å². The van der Waals surface area contributed by atoms with Crippen LogP contribution in [0.3, 0.4) is 0 Å². The molecule has 0 radical (unpaired) electrons. The molecular weight excluding hydrogens is 244 g/mol. The lowest BCUT2D eigenvalue weighted by molar-refractivity contribution is -0.384. The minimum absolute atomic E-state index is 0.00568. The molecule has 1 amide bonds. The van der Waals surface area contributed by atoms with Crippen molar-refractivity contribution in [1.29, 1.82) is 0 Å². The molecule has 0 aliphatic carbocycles. The summed E-state index contributed by atoms with van der Waals surface area (Å²) < 4.78 is 0. The molecule has 2 rings (SSSR count). The average molecular weight is 256 g/mol. The Balaban J connectivity index is 2.42. The van der Waals surface area contributed by atoms with Crippen LogP contribution in [-0.2, 0) is 4.79 Å². The first-order chi connectivity index (χ1) is 9.22. The molecule has 0 aliphatic heterocycles. The fourth-order valence-electron chi connectivity index (χ4n) is 1.92. The highest BCUT2D eigenvalue weighted by molar-refractivity contribution is 5.51. The number of nitrogens with one attached hydrogen (secondary N) is 1. The standard InChI is InChI=1S/C14H12N2O3/c17-10-15-14(11-5-2-1-3-6-11)12-7-4-8-13(9-12)16(18)19/h1-10,14H,(H,15,17). The molecule has 0 heterocycles. The van der Waals surface area contributed by atoms with E-state index in [4.69, 9.17) is 0 Å². The molecule has 2 aromatic carbocycles. The van der Waals surface area contributed by atoms with Crippen molar-refractivity contribution in [1.82, 2.24) is 5.32 Å². The summed E-state index contributed by atoms with van der Waals surface area (Å²) in [7, 11) is 0. The normalized spacial score (nSPS) is 11.6. The average Bonchev–Trinajstić information content (AvgIpc) is 2.46. The third-order valence-corrected chi connectivity index (χ3v) is 2.78. The molecule has 0 saturated carbocycles. The van der Waals surface area contributed by atoms with Gasteiger partial charge in [0.2, 0.25) is 6.41 Å². The summed E-state index contributed by atoms with van der Waals surface area (Å²) in [6.07, 6.45) is 0.594. The topological polar surface area (TPSA) is 72.2 Å². The summed E-state index contributed by atoms with van der Waals surface area (Å²) in [5, 5.41) is 13.5. The van der Waals surface area contributed by atoms with E-state index in [9.17, 15) is 14.9 Å². The first-order valence-corrected chi connectivity index (χ1v) is 5.71. The van der Waals surface area contributed by atoms with Crippen LogP contribution < -0.4 is 5.32 Å². The summed E-state index contributed by atoms with van der Waals surface area (Å²) >= 11 is 0. The molecule has 0 spiro atoms. The largest absolute Gasteiger partial charge is 0.348 e. The number of carbonyl (C=O) groups excluding carboxylic acids is 1. The Morgan fingerprint density at radius 1 is 1.05 bits per heavy atom. The molecule has 1 N–H and O–H groups in total. The smallest absolute Gasteiger partial charge is 0.269 e. The molecule has 0 saturated heterocycles. The van der Waals surface area contributed by atoms with Crippen LogP contribution in [-0.4, -0.2) is 11.3 Å². The van der Waals surface area contributed by atoms with E-state index in [1.54, 1.807) is 12.1 Å². The van der Waals surface area contributed by atoms with Gasteiger partial charge in [-0.3, -0.25) is 14.9 Å². The number of hydrogen-bond acceptors (Lipinski definition) is 3. The van der Waals surface area contributed by atoms with Gasteiger partial charge in [-0.2, -0.15) is 0 Å². The minimum Gasteiger partial charge on any atom is -0.348 e. The molecule has 0 bridgehead atoms. The van der Waals surface area contributed by atoms with Crippen LogP contribution in [0.5, 0.6) is 0 Å². The second-order valence-electron chi connectivity index (χ2n) is 3.98. The van der Waals surface area contributed by atoms with E-state index < -0.39 is 11.0 Å². The second-order valence-corrected chi connectivity index (χ2v) is 3.98. The van der Waals surface area contributed by atoms with Crippen LogP contribution in [0.15, 0.2) is 54.6 Å². The number of nitrogens with zero attached hydrogens (tertiary/aromatic N) is 1. The molecule has 0 aliphatic rings. The summed E-state index contributed by atoms with van der Waals surface area (Å²) in [5.41, 5.74) is 1.55. The van der Waals surface area contributed by atoms with Crippen LogP contribution >= 0.6 is 0 Å². The zero-order chi connectivity index (χ0) is 13.7. The van der Waals surface area contributed by atoms with Crippen LogP contribution in [0.25, 0.3) is 0 Å². The molecule has 0 aromatic heterocycles. The molecule has 0 fully saturated rings. The summed E-state index contributed by atoms with van der Waals surface area (Å²) in [6, 6.07) is 15.2. The van der Waals surface area contributed by atoms with Gasteiger partial charge in [0.1, 0.15) is 0 Å². The third-order valence-electron chi connectivity index (χ3n) is 2.78. The van der Waals surface area contributed by atoms with E-state index in [1.807, 2.05) is 30.3 Å². The van der Waals surface area contributed by atoms with E-state index >= 15 is 0 Å². The van der Waals surface area contributed by atoms with Gasteiger partial charge in [-0.25, -0.2) is 0 Å². The minimum atomic E-state index is -0.452. The summed E-state index contributed by atoms with van der Waals surface area (Å²) in [4.78, 5) is 21.1. The Kier molecular flexibility index (Phi) is 3.87. The van der Waals surface area contributed by atoms with Gasteiger partial charge in [-0.15, -0.1) is 0 Å². The van der Waals surface area contributed by atoms with Crippen LogP contribution in [0.4, 0.5) is 5.69 Å². The predicted molar refractivity (Wildman–Crippen MR) is 70.6 cm³/mol. The SMILES string of the molecule is O=CNC(c1ccccc1)c1cccc([N+](=O)[O-])c1. The molecular formula is C14H12N2O3. The quantitative estimate of drug-likeness (QED) is 0.507. The van der Waals surface area contributed by atoms with Crippen molar-refractivity contribution in [2.75, 3.05) is 0 Å². The number of rotatable bonds is 5. The maximum absolute atomic E-state index is 10.8. The third kappa shape index (κ3) is 2.95. The number of nitro benzene ring substituents is 1. The number of benzene rings is 2. The van der Waals surface area contributed by atoms with E-state index in [0.717, 1.165) is 5.56 Å². The van der Waals surface area contributed by atoms with Crippen LogP contribution in [0, 0.1) is 10.1 Å². The van der Waals surface area contributed by atoms with E-state index in [-0.39, 0.29) is 5.69 Å². The van der Waals surface area contributed by atoms with Gasteiger partial charge in [-0.05, 0) is 11.1 Å². The highest BCUT2D eigenvalue weighted by Gasteiger charge is 2.15. The Hall–Kier alpha value is -2.69. The van der Waals surface area contributed by atoms with Crippen molar-refractivity contribution < 1.29 is 9.72 Å². The molecule has 19 heavy (non-hydrogen) atoms. The predicted octanol–water partition coefficient (Wildman–Crippen LogP) is 2.43. The van der Waals surface area contributed by atoms with Crippen molar-refractivity contribution in [2.24, 2.45) is 0 Å². The molecule has 1 atom stereocenters. The highest BCUT2D eigenvalue weighted by Crippen LogP contribution is 2.24. The van der Waals surface area contributed by atoms with Gasteiger partial charge < -0.3 is 5.32 Å². The number of nitro groups is 1. The summed E-state index contributed by atoms with van der Waals surface area (Å²) in [6.45, 7) is 0. The molecule has 2 aromatic rings. The zero-order valence-electron chi connectivity index (χ0n) is 10.0. The molecule has 96 valence electrons. The lowest BCUT2D eigenvalue weighted by Gasteiger charge is -2.16. The van der Waals surface area contributed by atoms with Crippen molar-refractivity contribution >= 4 is 12.1 Å². The molecule has 1 unspecified atom stereocenters. The number of amides is 1. The lowest BCUT2D eigenvalue weighted by atomic mass is 9.98. The number of non-ortho nitro benzene ring substituents is 1. The Morgan fingerprint density at radius 2 is 1.74 bits per heavy atom. The van der Waals surface area contributed by atoms with Gasteiger partial charge >= 0.3 is 0 Å². The number of hydrogen-bond donors (Lipinski definition) is 1. The van der Waals surface area contributed by atoms with Crippen LogP contribution in [0.1, 0.15) is 17.2 Å². The van der Waals surface area contributed by atoms with E-state index in [2.05, 4.69) is 5.32 Å². The molecule has 5 nitrogen and oxygen atoms in total. The Bertz CT molecular complexity index is 584. The fourth-order valence-corrected chi connectivity index (χ4v) is 1.92. The van der Waals surface area contributed by atoms with E-state index in [1.165, 1.54) is 12.1 Å².